The molecule has 88 valence electrons. The summed E-state index contributed by atoms with van der Waals surface area (Å²) >= 11 is 0. The molecule has 1 N–H and O–H groups in total. The van der Waals surface area contributed by atoms with Gasteiger partial charge in [-0.1, -0.05) is 0 Å². The molecule has 0 spiro atoms. The molecule has 1 aromatic heterocycles. The van der Waals surface area contributed by atoms with E-state index in [0.29, 0.717) is 23.8 Å². The molecule has 0 fully saturated rings. The molecule has 1 aromatic rings. The van der Waals surface area contributed by atoms with Crippen LogP contribution in [0.15, 0.2) is 18.3 Å². The first-order chi connectivity index (χ1) is 7.63. The zero-order valence-corrected chi connectivity index (χ0v) is 9.70. The number of carboxylic acid groups (broad SMARTS) is 1. The first-order valence-corrected chi connectivity index (χ1v) is 6.14. The summed E-state index contributed by atoms with van der Waals surface area (Å²) in [6.45, 7) is 0.444. The van der Waals surface area contributed by atoms with Crippen LogP contribution >= 0.6 is 0 Å². The normalized spacial score (nSPS) is 12.3. The van der Waals surface area contributed by atoms with Gasteiger partial charge in [0.05, 0.1) is 23.6 Å². The highest BCUT2D eigenvalue weighted by atomic mass is 32.2. The molecule has 16 heavy (non-hydrogen) atoms. The monoisotopic (exact) mass is 243 g/mol. The number of nitrogens with zero attached hydrogens (tertiary/aromatic N) is 1. The molecule has 0 aromatic carbocycles. The Kier molecular flexibility index (Phi) is 5.07. The van der Waals surface area contributed by atoms with Gasteiger partial charge in [-0.15, -0.1) is 0 Å². The molecule has 0 saturated heterocycles. The number of rotatable bonds is 6. The van der Waals surface area contributed by atoms with Crippen molar-refractivity contribution < 1.29 is 18.8 Å². The first kappa shape index (κ1) is 12.8. The van der Waals surface area contributed by atoms with E-state index >= 15 is 0 Å². The van der Waals surface area contributed by atoms with Crippen molar-refractivity contribution >= 4 is 16.8 Å². The number of carbonyl (C=O) groups is 1. The molecule has 1 atom stereocenters. The van der Waals surface area contributed by atoms with Gasteiger partial charge in [0.2, 0.25) is 0 Å². The smallest absolute Gasteiger partial charge is 0.337 e. The molecule has 0 amide bonds. The van der Waals surface area contributed by atoms with Crippen LogP contribution in [0.2, 0.25) is 0 Å². The standard InChI is InChI=1S/C10H13NO4S/c1-15-4-5-16(14)7-9-3-2-8(6-11-9)10(12)13/h2-3,6H,4-5,7H2,1H3,(H,12,13). The van der Waals surface area contributed by atoms with E-state index in [9.17, 15) is 9.00 Å². The molecule has 0 aliphatic rings. The van der Waals surface area contributed by atoms with Crippen molar-refractivity contribution in [2.75, 3.05) is 19.5 Å². The lowest BCUT2D eigenvalue weighted by atomic mass is 10.2. The summed E-state index contributed by atoms with van der Waals surface area (Å²) in [5.74, 6) is -0.234. The number of ether oxygens (including phenoxy) is 1. The topological polar surface area (TPSA) is 76.5 Å². The maximum atomic E-state index is 11.5. The van der Waals surface area contributed by atoms with E-state index in [4.69, 9.17) is 9.84 Å². The van der Waals surface area contributed by atoms with Gasteiger partial charge in [-0.3, -0.25) is 9.19 Å². The van der Waals surface area contributed by atoms with Crippen molar-refractivity contribution in [2.24, 2.45) is 0 Å². The van der Waals surface area contributed by atoms with Crippen molar-refractivity contribution in [1.29, 1.82) is 0 Å². The third kappa shape index (κ3) is 4.08. The number of carboxylic acids is 1. The zero-order chi connectivity index (χ0) is 12.0. The van der Waals surface area contributed by atoms with Gasteiger partial charge in [0.1, 0.15) is 0 Å². The van der Waals surface area contributed by atoms with E-state index in [1.54, 1.807) is 13.2 Å². The summed E-state index contributed by atoms with van der Waals surface area (Å²) in [6, 6.07) is 3.03. The Morgan fingerprint density at radius 2 is 2.31 bits per heavy atom. The van der Waals surface area contributed by atoms with Crippen LogP contribution in [0, 0.1) is 0 Å². The molecule has 0 aliphatic carbocycles. The van der Waals surface area contributed by atoms with E-state index in [1.807, 2.05) is 0 Å². The second-order valence-corrected chi connectivity index (χ2v) is 4.70. The Balaban J connectivity index is 2.55. The number of methoxy groups -OCH3 is 1. The van der Waals surface area contributed by atoms with Crippen LogP contribution in [0.25, 0.3) is 0 Å². The van der Waals surface area contributed by atoms with Crippen LogP contribution in [-0.4, -0.2) is 39.7 Å². The van der Waals surface area contributed by atoms with Gasteiger partial charge >= 0.3 is 5.97 Å². The molecular weight excluding hydrogens is 230 g/mol. The van der Waals surface area contributed by atoms with Gasteiger partial charge in [0, 0.05) is 29.9 Å². The lowest BCUT2D eigenvalue weighted by Crippen LogP contribution is -2.07. The number of hydrogen-bond acceptors (Lipinski definition) is 4. The highest BCUT2D eigenvalue weighted by Gasteiger charge is 2.05. The van der Waals surface area contributed by atoms with Crippen molar-refractivity contribution in [3.63, 3.8) is 0 Å². The molecule has 0 aliphatic heterocycles. The van der Waals surface area contributed by atoms with E-state index in [0.717, 1.165) is 0 Å². The number of aromatic carboxylic acids is 1. The minimum atomic E-state index is -1.02. The van der Waals surface area contributed by atoms with Crippen LogP contribution in [0.4, 0.5) is 0 Å². The Bertz CT molecular complexity index is 377. The maximum Gasteiger partial charge on any atom is 0.337 e. The number of aromatic nitrogens is 1. The Morgan fingerprint density at radius 1 is 1.56 bits per heavy atom. The Labute approximate surface area is 95.9 Å². The van der Waals surface area contributed by atoms with Gasteiger partial charge in [0.25, 0.3) is 0 Å². The molecule has 0 saturated carbocycles. The molecule has 1 heterocycles. The fourth-order valence-corrected chi connectivity index (χ4v) is 2.05. The molecule has 5 nitrogen and oxygen atoms in total. The third-order valence-corrected chi connectivity index (χ3v) is 3.14. The first-order valence-electron chi connectivity index (χ1n) is 4.65. The van der Waals surface area contributed by atoms with Crippen LogP contribution in [0.1, 0.15) is 16.1 Å². The summed E-state index contributed by atoms with van der Waals surface area (Å²) in [7, 11) is 0.530. The summed E-state index contributed by atoms with van der Waals surface area (Å²) in [5.41, 5.74) is 0.755. The van der Waals surface area contributed by atoms with E-state index in [1.165, 1.54) is 12.3 Å². The molecule has 6 heteroatoms. The van der Waals surface area contributed by atoms with Gasteiger partial charge in [-0.25, -0.2) is 4.79 Å². The molecule has 0 bridgehead atoms. The lowest BCUT2D eigenvalue weighted by molar-refractivity contribution is 0.0696. The average Bonchev–Trinajstić information content (AvgIpc) is 2.27. The van der Waals surface area contributed by atoms with E-state index in [-0.39, 0.29) is 5.56 Å². The summed E-state index contributed by atoms with van der Waals surface area (Å²) < 4.78 is 16.3. The van der Waals surface area contributed by atoms with E-state index in [2.05, 4.69) is 4.98 Å². The average molecular weight is 243 g/mol. The lowest BCUT2D eigenvalue weighted by Gasteiger charge is -2.01. The summed E-state index contributed by atoms with van der Waals surface area (Å²) in [5, 5.41) is 8.66. The fourth-order valence-electron chi connectivity index (χ4n) is 1.05. The second kappa shape index (κ2) is 6.34. The number of pyridine rings is 1. The van der Waals surface area contributed by atoms with Crippen LogP contribution in [-0.2, 0) is 21.3 Å². The minimum absolute atomic E-state index is 0.131. The van der Waals surface area contributed by atoms with Crippen molar-refractivity contribution in [3.05, 3.63) is 29.6 Å². The van der Waals surface area contributed by atoms with Crippen LogP contribution in [0.3, 0.4) is 0 Å². The predicted molar refractivity (Wildman–Crippen MR) is 59.8 cm³/mol. The zero-order valence-electron chi connectivity index (χ0n) is 8.88. The molecule has 0 radical (unpaired) electrons. The van der Waals surface area contributed by atoms with Gasteiger partial charge < -0.3 is 9.84 Å². The SMILES string of the molecule is COCCS(=O)Cc1ccc(C(=O)O)cn1. The quantitative estimate of drug-likeness (QED) is 0.794. The van der Waals surface area contributed by atoms with Gasteiger partial charge in [-0.2, -0.15) is 0 Å². The predicted octanol–water partition coefficient (Wildman–Crippen LogP) is 0.675. The van der Waals surface area contributed by atoms with Crippen LogP contribution in [0.5, 0.6) is 0 Å². The van der Waals surface area contributed by atoms with Crippen molar-refractivity contribution in [1.82, 2.24) is 4.98 Å². The number of hydrogen-bond donors (Lipinski definition) is 1. The van der Waals surface area contributed by atoms with Crippen LogP contribution < -0.4 is 0 Å². The fraction of sp³-hybridized carbons (Fsp3) is 0.400. The Hall–Kier alpha value is -1.27. The van der Waals surface area contributed by atoms with Gasteiger partial charge in [0.15, 0.2) is 0 Å². The maximum absolute atomic E-state index is 11.5. The molecule has 1 unspecified atom stereocenters. The van der Waals surface area contributed by atoms with E-state index < -0.39 is 16.8 Å². The highest BCUT2D eigenvalue weighted by molar-refractivity contribution is 7.84. The Morgan fingerprint density at radius 3 is 2.81 bits per heavy atom. The highest BCUT2D eigenvalue weighted by Crippen LogP contribution is 2.03. The third-order valence-electron chi connectivity index (χ3n) is 1.90. The van der Waals surface area contributed by atoms with Crippen molar-refractivity contribution in [2.45, 2.75) is 5.75 Å². The summed E-state index contributed by atoms with van der Waals surface area (Å²) in [4.78, 5) is 14.5. The molecular formula is C10H13NO4S. The van der Waals surface area contributed by atoms with Crippen molar-refractivity contribution in [3.8, 4) is 0 Å². The molecule has 1 rings (SSSR count). The largest absolute Gasteiger partial charge is 0.478 e. The minimum Gasteiger partial charge on any atom is -0.478 e. The van der Waals surface area contributed by atoms with Gasteiger partial charge in [-0.05, 0) is 12.1 Å². The second-order valence-electron chi connectivity index (χ2n) is 3.12. The summed E-state index contributed by atoms with van der Waals surface area (Å²) in [6.07, 6.45) is 1.27.